The molecular weight excluding hydrogens is 236 g/mol. The summed E-state index contributed by atoms with van der Waals surface area (Å²) >= 11 is 0. The van der Waals surface area contributed by atoms with Crippen LogP contribution in [0.4, 0.5) is 5.69 Å². The van der Waals surface area contributed by atoms with E-state index >= 15 is 0 Å². The Morgan fingerprint density at radius 1 is 1.26 bits per heavy atom. The second-order valence-corrected chi connectivity index (χ2v) is 5.70. The van der Waals surface area contributed by atoms with Gasteiger partial charge in [-0.25, -0.2) is 0 Å². The molecule has 0 atom stereocenters. The third-order valence-electron chi connectivity index (χ3n) is 3.41. The molecule has 0 spiro atoms. The van der Waals surface area contributed by atoms with Crippen molar-refractivity contribution in [3.8, 4) is 0 Å². The average Bonchev–Trinajstić information content (AvgIpc) is 2.67. The molecule has 1 aromatic rings. The highest BCUT2D eigenvalue weighted by molar-refractivity contribution is 5.95. The van der Waals surface area contributed by atoms with Crippen molar-refractivity contribution in [2.45, 2.75) is 53.4 Å². The Morgan fingerprint density at radius 2 is 1.95 bits per heavy atom. The van der Waals surface area contributed by atoms with Crippen molar-refractivity contribution in [2.24, 2.45) is 13.0 Å². The zero-order valence-electron chi connectivity index (χ0n) is 13.1. The fourth-order valence-electron chi connectivity index (χ4n) is 2.34. The first-order valence-electron chi connectivity index (χ1n) is 7.41. The maximum Gasteiger partial charge on any atom is 0.229 e. The lowest BCUT2D eigenvalue weighted by Gasteiger charge is -2.24. The van der Waals surface area contributed by atoms with Crippen molar-refractivity contribution in [1.29, 1.82) is 0 Å². The third-order valence-corrected chi connectivity index (χ3v) is 3.41. The molecule has 1 heterocycles. The van der Waals surface area contributed by atoms with E-state index in [1.54, 1.807) is 0 Å². The molecule has 0 aliphatic carbocycles. The molecule has 0 bridgehead atoms. The van der Waals surface area contributed by atoms with Gasteiger partial charge in [0, 0.05) is 31.9 Å². The van der Waals surface area contributed by atoms with Gasteiger partial charge in [-0.3, -0.25) is 4.79 Å². The molecule has 108 valence electrons. The summed E-state index contributed by atoms with van der Waals surface area (Å²) in [6.45, 7) is 9.06. The summed E-state index contributed by atoms with van der Waals surface area (Å²) in [5.74, 6) is 0.275. The predicted octanol–water partition coefficient (Wildman–Crippen LogP) is 3.90. The van der Waals surface area contributed by atoms with Crippen LogP contribution in [0.15, 0.2) is 12.4 Å². The predicted molar refractivity (Wildman–Crippen MR) is 81.5 cm³/mol. The number of amides is 1. The quantitative estimate of drug-likeness (QED) is 0.686. The molecule has 0 aromatic carbocycles. The highest BCUT2D eigenvalue weighted by Crippen LogP contribution is 2.23. The molecule has 0 fully saturated rings. The summed E-state index contributed by atoms with van der Waals surface area (Å²) < 4.78 is 2.03. The second kappa shape index (κ2) is 7.37. The summed E-state index contributed by atoms with van der Waals surface area (Å²) in [5, 5.41) is 0. The number of carbonyl (C=O) groups excluding carboxylic acids is 1. The lowest BCUT2D eigenvalue weighted by molar-refractivity contribution is -0.121. The van der Waals surface area contributed by atoms with Crippen LogP contribution in [0, 0.1) is 12.8 Å². The summed E-state index contributed by atoms with van der Waals surface area (Å²) in [6, 6.07) is 0. The Hall–Kier alpha value is -1.25. The second-order valence-electron chi connectivity index (χ2n) is 5.70. The van der Waals surface area contributed by atoms with E-state index in [0.717, 1.165) is 18.7 Å². The van der Waals surface area contributed by atoms with Crippen molar-refractivity contribution >= 4 is 11.6 Å². The van der Waals surface area contributed by atoms with Crippen LogP contribution in [0.3, 0.4) is 0 Å². The molecule has 0 unspecified atom stereocenters. The maximum absolute atomic E-state index is 12.4. The van der Waals surface area contributed by atoms with E-state index in [9.17, 15) is 4.79 Å². The van der Waals surface area contributed by atoms with E-state index in [1.807, 2.05) is 30.4 Å². The van der Waals surface area contributed by atoms with Gasteiger partial charge in [-0.2, -0.15) is 0 Å². The first-order valence-corrected chi connectivity index (χ1v) is 7.41. The SMILES string of the molecule is CCCCCCN(C(=O)C(C)C)c1cn(C)cc1C. The van der Waals surface area contributed by atoms with Crippen molar-refractivity contribution in [3.05, 3.63) is 18.0 Å². The molecule has 1 aromatic heterocycles. The molecular formula is C16H28N2O. The summed E-state index contributed by atoms with van der Waals surface area (Å²) in [5.41, 5.74) is 2.24. The van der Waals surface area contributed by atoms with Crippen molar-refractivity contribution in [3.63, 3.8) is 0 Å². The highest BCUT2D eigenvalue weighted by Gasteiger charge is 2.20. The van der Waals surface area contributed by atoms with Crippen LogP contribution in [0.25, 0.3) is 0 Å². The van der Waals surface area contributed by atoms with Crippen LogP contribution in [-0.2, 0) is 11.8 Å². The van der Waals surface area contributed by atoms with E-state index < -0.39 is 0 Å². The number of nitrogens with zero attached hydrogens (tertiary/aromatic N) is 2. The normalized spacial score (nSPS) is 11.1. The third kappa shape index (κ3) is 4.41. The van der Waals surface area contributed by atoms with E-state index in [1.165, 1.54) is 24.8 Å². The van der Waals surface area contributed by atoms with Crippen molar-refractivity contribution < 1.29 is 4.79 Å². The zero-order chi connectivity index (χ0) is 14.4. The highest BCUT2D eigenvalue weighted by atomic mass is 16.2. The van der Waals surface area contributed by atoms with Crippen molar-refractivity contribution in [2.75, 3.05) is 11.4 Å². The fourth-order valence-corrected chi connectivity index (χ4v) is 2.34. The number of hydrogen-bond donors (Lipinski definition) is 0. The van der Waals surface area contributed by atoms with Gasteiger partial charge in [-0.1, -0.05) is 40.0 Å². The van der Waals surface area contributed by atoms with Gasteiger partial charge in [-0.05, 0) is 18.9 Å². The van der Waals surface area contributed by atoms with Crippen molar-refractivity contribution in [1.82, 2.24) is 4.57 Å². The zero-order valence-corrected chi connectivity index (χ0v) is 13.1. The van der Waals surface area contributed by atoms with E-state index in [0.29, 0.717) is 0 Å². The molecule has 1 amide bonds. The Labute approximate surface area is 117 Å². The molecule has 0 saturated heterocycles. The molecule has 0 N–H and O–H groups in total. The first kappa shape index (κ1) is 15.8. The minimum absolute atomic E-state index is 0.0470. The van der Waals surface area contributed by atoms with E-state index in [4.69, 9.17) is 0 Å². The van der Waals surface area contributed by atoms with Crippen LogP contribution in [0.5, 0.6) is 0 Å². The van der Waals surface area contributed by atoms with Gasteiger partial charge in [0.1, 0.15) is 0 Å². The Morgan fingerprint density at radius 3 is 2.42 bits per heavy atom. The number of aryl methyl sites for hydroxylation is 2. The number of rotatable bonds is 7. The Bertz CT molecular complexity index is 407. The van der Waals surface area contributed by atoms with Gasteiger partial charge in [0.25, 0.3) is 0 Å². The van der Waals surface area contributed by atoms with Gasteiger partial charge >= 0.3 is 0 Å². The molecule has 3 heteroatoms. The standard InChI is InChI=1S/C16H28N2O/c1-6-7-8-9-10-18(16(19)13(2)3)15-12-17(5)11-14(15)4/h11-13H,6-10H2,1-5H3. The first-order chi connectivity index (χ1) is 8.97. The summed E-state index contributed by atoms with van der Waals surface area (Å²) in [6.07, 6.45) is 8.88. The maximum atomic E-state index is 12.4. The molecule has 1 rings (SSSR count). The van der Waals surface area contributed by atoms with Gasteiger partial charge in [0.05, 0.1) is 5.69 Å². The molecule has 0 saturated carbocycles. The number of aromatic nitrogens is 1. The minimum atomic E-state index is 0.0470. The Balaban J connectivity index is 2.80. The number of hydrogen-bond acceptors (Lipinski definition) is 1. The fraction of sp³-hybridized carbons (Fsp3) is 0.688. The van der Waals surface area contributed by atoms with Crippen LogP contribution >= 0.6 is 0 Å². The monoisotopic (exact) mass is 264 g/mol. The van der Waals surface area contributed by atoms with Crippen LogP contribution in [0.1, 0.15) is 52.0 Å². The van der Waals surface area contributed by atoms with Gasteiger partial charge in [0.2, 0.25) is 5.91 Å². The minimum Gasteiger partial charge on any atom is -0.355 e. The molecule has 3 nitrogen and oxygen atoms in total. The summed E-state index contributed by atoms with van der Waals surface area (Å²) in [4.78, 5) is 14.4. The number of anilines is 1. The van der Waals surface area contributed by atoms with E-state index in [-0.39, 0.29) is 11.8 Å². The van der Waals surface area contributed by atoms with Crippen LogP contribution in [0.2, 0.25) is 0 Å². The topological polar surface area (TPSA) is 25.2 Å². The van der Waals surface area contributed by atoms with Crippen LogP contribution in [-0.4, -0.2) is 17.0 Å². The molecule has 0 aliphatic heterocycles. The van der Waals surface area contributed by atoms with Gasteiger partial charge in [0.15, 0.2) is 0 Å². The lowest BCUT2D eigenvalue weighted by Crippen LogP contribution is -2.35. The van der Waals surface area contributed by atoms with E-state index in [2.05, 4.69) is 26.2 Å². The summed E-state index contributed by atoms with van der Waals surface area (Å²) in [7, 11) is 2.01. The number of carbonyl (C=O) groups is 1. The smallest absolute Gasteiger partial charge is 0.229 e. The lowest BCUT2D eigenvalue weighted by atomic mass is 10.1. The average molecular weight is 264 g/mol. The molecule has 0 radical (unpaired) electrons. The van der Waals surface area contributed by atoms with Gasteiger partial charge in [-0.15, -0.1) is 0 Å². The van der Waals surface area contributed by atoms with Gasteiger partial charge < -0.3 is 9.47 Å². The largest absolute Gasteiger partial charge is 0.355 e. The number of unbranched alkanes of at least 4 members (excludes halogenated alkanes) is 3. The molecule has 0 aliphatic rings. The Kier molecular flexibility index (Phi) is 6.13. The molecule has 19 heavy (non-hydrogen) atoms. The van der Waals surface area contributed by atoms with Crippen LogP contribution < -0.4 is 4.90 Å².